The van der Waals surface area contributed by atoms with Gasteiger partial charge in [0.05, 0.1) is 4.92 Å². The zero-order valence-electron chi connectivity index (χ0n) is 13.7. The number of rotatable bonds is 7. The standard InChI is InChI=1S/C15H22N4O4/c1-5-16-13(20)10(2)17-14(21)15(3,4)18-11-6-8-12(9-7-11)19(22)23/h6-10,18H,5H2,1-4H3,(H,16,20)(H,17,21)/t10-/m1/s1. The molecule has 1 aromatic carbocycles. The first-order valence-corrected chi connectivity index (χ1v) is 7.28. The molecule has 126 valence electrons. The first-order chi connectivity index (χ1) is 10.7. The number of amides is 2. The van der Waals surface area contributed by atoms with Crippen LogP contribution in [0.15, 0.2) is 24.3 Å². The van der Waals surface area contributed by atoms with Crippen molar-refractivity contribution in [1.82, 2.24) is 10.6 Å². The van der Waals surface area contributed by atoms with Crippen LogP contribution in [0.3, 0.4) is 0 Å². The van der Waals surface area contributed by atoms with Crippen molar-refractivity contribution in [3.05, 3.63) is 34.4 Å². The Bertz CT molecular complexity index is 584. The number of nitro groups is 1. The van der Waals surface area contributed by atoms with Crippen LogP contribution >= 0.6 is 0 Å². The van der Waals surface area contributed by atoms with Gasteiger partial charge in [0, 0.05) is 24.4 Å². The summed E-state index contributed by atoms with van der Waals surface area (Å²) in [6.07, 6.45) is 0. The number of likely N-dealkylation sites (N-methyl/N-ethyl adjacent to an activating group) is 1. The average molecular weight is 322 g/mol. The molecule has 0 saturated heterocycles. The van der Waals surface area contributed by atoms with Crippen molar-refractivity contribution in [1.29, 1.82) is 0 Å². The van der Waals surface area contributed by atoms with Gasteiger partial charge in [0.2, 0.25) is 11.8 Å². The second-order valence-electron chi connectivity index (χ2n) is 5.64. The third kappa shape index (κ3) is 5.24. The lowest BCUT2D eigenvalue weighted by molar-refractivity contribution is -0.384. The van der Waals surface area contributed by atoms with Crippen LogP contribution in [-0.4, -0.2) is 34.9 Å². The Morgan fingerprint density at radius 3 is 2.30 bits per heavy atom. The van der Waals surface area contributed by atoms with E-state index in [-0.39, 0.29) is 17.5 Å². The van der Waals surface area contributed by atoms with Crippen LogP contribution in [0.25, 0.3) is 0 Å². The van der Waals surface area contributed by atoms with Gasteiger partial charge < -0.3 is 16.0 Å². The van der Waals surface area contributed by atoms with Crippen molar-refractivity contribution in [2.45, 2.75) is 39.3 Å². The number of nitrogens with one attached hydrogen (secondary N) is 3. The number of carbonyl (C=O) groups is 2. The number of hydrogen-bond donors (Lipinski definition) is 3. The normalized spacial score (nSPS) is 12.2. The van der Waals surface area contributed by atoms with Crippen molar-refractivity contribution in [2.24, 2.45) is 0 Å². The summed E-state index contributed by atoms with van der Waals surface area (Å²) in [5.41, 5.74) is -0.444. The number of carbonyl (C=O) groups excluding carboxylic acids is 2. The highest BCUT2D eigenvalue weighted by Gasteiger charge is 2.29. The predicted molar refractivity (Wildman–Crippen MR) is 87.1 cm³/mol. The molecule has 0 heterocycles. The molecule has 0 spiro atoms. The van der Waals surface area contributed by atoms with E-state index in [9.17, 15) is 19.7 Å². The molecule has 8 nitrogen and oxygen atoms in total. The zero-order chi connectivity index (χ0) is 17.6. The fourth-order valence-electron chi connectivity index (χ4n) is 1.85. The SMILES string of the molecule is CCNC(=O)[C@@H](C)NC(=O)C(C)(C)Nc1ccc([N+](=O)[O-])cc1. The van der Waals surface area contributed by atoms with Crippen molar-refractivity contribution in [3.8, 4) is 0 Å². The molecule has 3 N–H and O–H groups in total. The Balaban J connectivity index is 2.71. The van der Waals surface area contributed by atoms with Crippen molar-refractivity contribution < 1.29 is 14.5 Å². The molecule has 2 amide bonds. The fraction of sp³-hybridized carbons (Fsp3) is 0.467. The van der Waals surface area contributed by atoms with Crippen LogP contribution in [0.4, 0.5) is 11.4 Å². The van der Waals surface area contributed by atoms with Gasteiger partial charge in [-0.05, 0) is 39.8 Å². The van der Waals surface area contributed by atoms with Crippen molar-refractivity contribution >= 4 is 23.2 Å². The van der Waals surface area contributed by atoms with Crippen LogP contribution in [0.5, 0.6) is 0 Å². The predicted octanol–water partition coefficient (Wildman–Crippen LogP) is 1.43. The van der Waals surface area contributed by atoms with Crippen molar-refractivity contribution in [2.75, 3.05) is 11.9 Å². The molecule has 1 aromatic rings. The van der Waals surface area contributed by atoms with Crippen LogP contribution in [0.2, 0.25) is 0 Å². The molecule has 0 bridgehead atoms. The zero-order valence-corrected chi connectivity index (χ0v) is 13.7. The summed E-state index contributed by atoms with van der Waals surface area (Å²) >= 11 is 0. The van der Waals surface area contributed by atoms with Gasteiger partial charge in [0.15, 0.2) is 0 Å². The summed E-state index contributed by atoms with van der Waals surface area (Å²) in [6, 6.07) is 5.11. The minimum Gasteiger partial charge on any atom is -0.372 e. The molecule has 0 radical (unpaired) electrons. The number of non-ortho nitro benzene ring substituents is 1. The van der Waals surface area contributed by atoms with E-state index in [1.165, 1.54) is 24.3 Å². The van der Waals surface area contributed by atoms with Gasteiger partial charge in [-0.1, -0.05) is 0 Å². The van der Waals surface area contributed by atoms with E-state index in [4.69, 9.17) is 0 Å². The highest BCUT2D eigenvalue weighted by Crippen LogP contribution is 2.19. The number of nitrogens with zero attached hydrogens (tertiary/aromatic N) is 1. The molecule has 0 aliphatic rings. The summed E-state index contributed by atoms with van der Waals surface area (Å²) in [5.74, 6) is -0.610. The second-order valence-corrected chi connectivity index (χ2v) is 5.64. The van der Waals surface area contributed by atoms with E-state index in [0.29, 0.717) is 12.2 Å². The lowest BCUT2D eigenvalue weighted by atomic mass is 10.0. The van der Waals surface area contributed by atoms with Crippen LogP contribution in [0, 0.1) is 10.1 Å². The minimum absolute atomic E-state index is 0.0253. The van der Waals surface area contributed by atoms with E-state index in [1.807, 2.05) is 0 Å². The summed E-state index contributed by atoms with van der Waals surface area (Å²) in [5, 5.41) is 18.9. The molecule has 0 unspecified atom stereocenters. The van der Waals surface area contributed by atoms with Gasteiger partial charge in [-0.15, -0.1) is 0 Å². The van der Waals surface area contributed by atoms with E-state index in [1.54, 1.807) is 27.7 Å². The Morgan fingerprint density at radius 2 is 1.83 bits per heavy atom. The van der Waals surface area contributed by atoms with Gasteiger partial charge in [-0.2, -0.15) is 0 Å². The maximum absolute atomic E-state index is 12.3. The second kappa shape index (κ2) is 7.57. The van der Waals surface area contributed by atoms with E-state index >= 15 is 0 Å². The monoisotopic (exact) mass is 322 g/mol. The van der Waals surface area contributed by atoms with Crippen LogP contribution < -0.4 is 16.0 Å². The van der Waals surface area contributed by atoms with E-state index in [0.717, 1.165) is 0 Å². The van der Waals surface area contributed by atoms with E-state index in [2.05, 4.69) is 16.0 Å². The molecular formula is C15H22N4O4. The average Bonchev–Trinajstić information content (AvgIpc) is 2.47. The Hall–Kier alpha value is -2.64. The number of nitro benzene ring substituents is 1. The quantitative estimate of drug-likeness (QED) is 0.519. The third-order valence-corrected chi connectivity index (χ3v) is 3.19. The molecule has 0 aromatic heterocycles. The lowest BCUT2D eigenvalue weighted by Crippen LogP contribution is -2.54. The molecule has 1 atom stereocenters. The smallest absolute Gasteiger partial charge is 0.269 e. The summed E-state index contributed by atoms with van der Waals surface area (Å²) in [4.78, 5) is 34.1. The third-order valence-electron chi connectivity index (χ3n) is 3.19. The molecule has 23 heavy (non-hydrogen) atoms. The van der Waals surface area contributed by atoms with Gasteiger partial charge in [0.1, 0.15) is 11.6 Å². The highest BCUT2D eigenvalue weighted by atomic mass is 16.6. The van der Waals surface area contributed by atoms with Gasteiger partial charge in [-0.3, -0.25) is 19.7 Å². The molecule has 0 fully saturated rings. The Morgan fingerprint density at radius 1 is 1.26 bits per heavy atom. The largest absolute Gasteiger partial charge is 0.372 e. The summed E-state index contributed by atoms with van der Waals surface area (Å²) in [7, 11) is 0. The number of benzene rings is 1. The molecule has 0 aliphatic heterocycles. The Kier molecular flexibility index (Phi) is 6.06. The number of hydrogen-bond acceptors (Lipinski definition) is 5. The summed E-state index contributed by atoms with van der Waals surface area (Å²) < 4.78 is 0. The fourth-order valence-corrected chi connectivity index (χ4v) is 1.85. The molecule has 0 aliphatic carbocycles. The maximum atomic E-state index is 12.3. The minimum atomic E-state index is -0.989. The maximum Gasteiger partial charge on any atom is 0.269 e. The first kappa shape index (κ1) is 18.4. The Labute approximate surface area is 134 Å². The molecule has 1 rings (SSSR count). The van der Waals surface area contributed by atoms with Gasteiger partial charge in [-0.25, -0.2) is 0 Å². The van der Waals surface area contributed by atoms with Gasteiger partial charge in [0.25, 0.3) is 5.69 Å². The number of anilines is 1. The van der Waals surface area contributed by atoms with Crippen molar-refractivity contribution in [3.63, 3.8) is 0 Å². The molecule has 0 saturated carbocycles. The highest BCUT2D eigenvalue weighted by molar-refractivity contribution is 5.93. The van der Waals surface area contributed by atoms with E-state index < -0.39 is 16.5 Å². The first-order valence-electron chi connectivity index (χ1n) is 7.28. The van der Waals surface area contributed by atoms with Gasteiger partial charge >= 0.3 is 0 Å². The summed E-state index contributed by atoms with van der Waals surface area (Å²) in [6.45, 7) is 7.21. The molecule has 8 heteroatoms. The lowest BCUT2D eigenvalue weighted by Gasteiger charge is -2.28. The van der Waals surface area contributed by atoms with Crippen LogP contribution in [0.1, 0.15) is 27.7 Å². The topological polar surface area (TPSA) is 113 Å². The van der Waals surface area contributed by atoms with Crippen LogP contribution in [-0.2, 0) is 9.59 Å². The molecular weight excluding hydrogens is 300 g/mol.